The van der Waals surface area contributed by atoms with E-state index in [4.69, 9.17) is 0 Å². The summed E-state index contributed by atoms with van der Waals surface area (Å²) in [6.45, 7) is 9.36. The second-order valence-electron chi connectivity index (χ2n) is 7.94. The Labute approximate surface area is 182 Å². The molecule has 1 aromatic carbocycles. The summed E-state index contributed by atoms with van der Waals surface area (Å²) in [5.74, 6) is 1.25. The smallest absolute Gasteiger partial charge is 0.233 e. The molecule has 0 bridgehead atoms. The van der Waals surface area contributed by atoms with Gasteiger partial charge in [-0.25, -0.2) is 0 Å². The fourth-order valence-corrected chi connectivity index (χ4v) is 4.63. The van der Waals surface area contributed by atoms with Crippen LogP contribution >= 0.6 is 11.8 Å². The lowest BCUT2D eigenvalue weighted by atomic mass is 10.1. The number of thioether (sulfide) groups is 1. The number of hydrogen-bond acceptors (Lipinski definition) is 5. The molecule has 162 valence electrons. The van der Waals surface area contributed by atoms with Gasteiger partial charge < -0.3 is 10.2 Å². The van der Waals surface area contributed by atoms with Crippen LogP contribution < -0.4 is 5.32 Å². The Morgan fingerprint density at radius 1 is 1.23 bits per heavy atom. The third kappa shape index (κ3) is 5.41. The third-order valence-corrected chi connectivity index (χ3v) is 6.26. The van der Waals surface area contributed by atoms with Gasteiger partial charge >= 0.3 is 0 Å². The monoisotopic (exact) mass is 429 g/mol. The molecule has 0 spiro atoms. The SMILES string of the molecule is CCCC(=O)NC1CCCN(C(=O)CSc2nnc(C)n2-c2cc(C)ccc2C)C1. The van der Waals surface area contributed by atoms with Crippen molar-refractivity contribution in [1.29, 1.82) is 0 Å². The zero-order valence-corrected chi connectivity index (χ0v) is 19.1. The maximum absolute atomic E-state index is 12.8. The number of benzene rings is 1. The second-order valence-corrected chi connectivity index (χ2v) is 8.88. The van der Waals surface area contributed by atoms with E-state index in [0.717, 1.165) is 48.0 Å². The van der Waals surface area contributed by atoms with Crippen LogP contribution in [0.2, 0.25) is 0 Å². The zero-order valence-electron chi connectivity index (χ0n) is 18.3. The van der Waals surface area contributed by atoms with Crippen molar-refractivity contribution in [2.45, 2.75) is 64.6 Å². The van der Waals surface area contributed by atoms with Crippen LogP contribution in [-0.2, 0) is 9.59 Å². The van der Waals surface area contributed by atoms with Gasteiger partial charge in [0.05, 0.1) is 11.4 Å². The average Bonchev–Trinajstić information content (AvgIpc) is 3.08. The predicted molar refractivity (Wildman–Crippen MR) is 119 cm³/mol. The minimum Gasteiger partial charge on any atom is -0.352 e. The summed E-state index contributed by atoms with van der Waals surface area (Å²) in [6, 6.07) is 6.34. The first-order chi connectivity index (χ1) is 14.4. The van der Waals surface area contributed by atoms with Crippen LogP contribution in [0.1, 0.15) is 49.6 Å². The molecule has 0 saturated carbocycles. The summed E-state index contributed by atoms with van der Waals surface area (Å²) in [7, 11) is 0. The van der Waals surface area contributed by atoms with Gasteiger partial charge in [-0.3, -0.25) is 14.2 Å². The van der Waals surface area contributed by atoms with Crippen LogP contribution in [0.15, 0.2) is 23.4 Å². The molecule has 2 amide bonds. The predicted octanol–water partition coefficient (Wildman–Crippen LogP) is 3.19. The zero-order chi connectivity index (χ0) is 21.7. The Morgan fingerprint density at radius 2 is 2.03 bits per heavy atom. The number of carbonyl (C=O) groups is 2. The molecule has 0 aliphatic carbocycles. The van der Waals surface area contributed by atoms with E-state index in [1.807, 2.05) is 23.3 Å². The molecule has 2 aromatic rings. The molecule has 1 unspecified atom stereocenters. The van der Waals surface area contributed by atoms with E-state index in [-0.39, 0.29) is 17.9 Å². The maximum atomic E-state index is 12.8. The van der Waals surface area contributed by atoms with Crippen LogP contribution in [0, 0.1) is 20.8 Å². The van der Waals surface area contributed by atoms with E-state index in [0.29, 0.717) is 18.7 Å². The highest BCUT2D eigenvalue weighted by Crippen LogP contribution is 2.25. The number of carbonyl (C=O) groups excluding carboxylic acids is 2. The van der Waals surface area contributed by atoms with Gasteiger partial charge in [-0.05, 0) is 57.2 Å². The van der Waals surface area contributed by atoms with E-state index < -0.39 is 0 Å². The number of nitrogens with zero attached hydrogens (tertiary/aromatic N) is 4. The Morgan fingerprint density at radius 3 is 2.80 bits per heavy atom. The number of amides is 2. The maximum Gasteiger partial charge on any atom is 0.233 e. The van der Waals surface area contributed by atoms with Gasteiger partial charge in [-0.2, -0.15) is 0 Å². The Hall–Kier alpha value is -2.35. The minimum absolute atomic E-state index is 0.0487. The molecule has 1 aromatic heterocycles. The minimum atomic E-state index is 0.0487. The molecule has 1 aliphatic rings. The van der Waals surface area contributed by atoms with Crippen molar-refractivity contribution in [2.75, 3.05) is 18.8 Å². The highest BCUT2D eigenvalue weighted by atomic mass is 32.2. The van der Waals surface area contributed by atoms with E-state index in [2.05, 4.69) is 47.6 Å². The van der Waals surface area contributed by atoms with Gasteiger partial charge in [-0.15, -0.1) is 10.2 Å². The Balaban J connectivity index is 1.64. The van der Waals surface area contributed by atoms with Crippen molar-refractivity contribution < 1.29 is 9.59 Å². The molecular formula is C22H31N5O2S. The van der Waals surface area contributed by atoms with Crippen molar-refractivity contribution in [3.63, 3.8) is 0 Å². The molecule has 1 N–H and O–H groups in total. The Bertz CT molecular complexity index is 911. The summed E-state index contributed by atoms with van der Waals surface area (Å²) in [5.41, 5.74) is 3.35. The molecule has 1 saturated heterocycles. The van der Waals surface area contributed by atoms with Gasteiger partial charge in [0.25, 0.3) is 0 Å². The Kier molecular flexibility index (Phi) is 7.53. The van der Waals surface area contributed by atoms with Gasteiger partial charge in [0, 0.05) is 25.6 Å². The van der Waals surface area contributed by atoms with Gasteiger partial charge in [0.15, 0.2) is 5.16 Å². The summed E-state index contributed by atoms with van der Waals surface area (Å²) in [5, 5.41) is 12.3. The van der Waals surface area contributed by atoms with Crippen molar-refractivity contribution in [3.05, 3.63) is 35.2 Å². The van der Waals surface area contributed by atoms with Gasteiger partial charge in [0.2, 0.25) is 11.8 Å². The highest BCUT2D eigenvalue weighted by Gasteiger charge is 2.25. The largest absolute Gasteiger partial charge is 0.352 e. The molecule has 30 heavy (non-hydrogen) atoms. The first-order valence-electron chi connectivity index (χ1n) is 10.6. The number of likely N-dealkylation sites (tertiary alicyclic amines) is 1. The number of nitrogens with one attached hydrogen (secondary N) is 1. The number of aryl methyl sites for hydroxylation is 3. The van der Waals surface area contributed by atoms with Crippen LogP contribution in [-0.4, -0.2) is 56.4 Å². The van der Waals surface area contributed by atoms with E-state index in [1.165, 1.54) is 17.3 Å². The summed E-state index contributed by atoms with van der Waals surface area (Å²) >= 11 is 1.41. The average molecular weight is 430 g/mol. The normalized spacial score (nSPS) is 16.5. The quantitative estimate of drug-likeness (QED) is 0.684. The van der Waals surface area contributed by atoms with Crippen molar-refractivity contribution in [2.24, 2.45) is 0 Å². The summed E-state index contributed by atoms with van der Waals surface area (Å²) in [6.07, 6.45) is 3.20. The number of hydrogen-bond donors (Lipinski definition) is 1. The van der Waals surface area contributed by atoms with Crippen molar-refractivity contribution in [1.82, 2.24) is 25.0 Å². The van der Waals surface area contributed by atoms with E-state index in [1.54, 1.807) is 0 Å². The lowest BCUT2D eigenvalue weighted by Crippen LogP contribution is -2.50. The lowest BCUT2D eigenvalue weighted by molar-refractivity contribution is -0.131. The fraction of sp³-hybridized carbons (Fsp3) is 0.545. The lowest BCUT2D eigenvalue weighted by Gasteiger charge is -2.33. The van der Waals surface area contributed by atoms with Crippen LogP contribution in [0.25, 0.3) is 5.69 Å². The van der Waals surface area contributed by atoms with Crippen LogP contribution in [0.5, 0.6) is 0 Å². The summed E-state index contributed by atoms with van der Waals surface area (Å²) < 4.78 is 2.02. The molecule has 1 atom stereocenters. The standard InChI is InChI=1S/C22H31N5O2S/c1-5-7-20(28)23-18-8-6-11-26(13-18)21(29)14-30-22-25-24-17(4)27(22)19-12-15(2)9-10-16(19)3/h9-10,12,18H,5-8,11,13-14H2,1-4H3,(H,23,28). The molecule has 3 rings (SSSR count). The van der Waals surface area contributed by atoms with Crippen LogP contribution in [0.4, 0.5) is 0 Å². The van der Waals surface area contributed by atoms with Crippen molar-refractivity contribution >= 4 is 23.6 Å². The van der Waals surface area contributed by atoms with E-state index in [9.17, 15) is 9.59 Å². The van der Waals surface area contributed by atoms with Crippen molar-refractivity contribution in [3.8, 4) is 5.69 Å². The molecule has 8 heteroatoms. The molecule has 1 aliphatic heterocycles. The van der Waals surface area contributed by atoms with Crippen LogP contribution in [0.3, 0.4) is 0 Å². The highest BCUT2D eigenvalue weighted by molar-refractivity contribution is 7.99. The number of rotatable bonds is 7. The number of aromatic nitrogens is 3. The van der Waals surface area contributed by atoms with Gasteiger partial charge in [-0.1, -0.05) is 30.8 Å². The second kappa shape index (κ2) is 10.1. The fourth-order valence-electron chi connectivity index (χ4n) is 3.74. The van der Waals surface area contributed by atoms with E-state index >= 15 is 0 Å². The third-order valence-electron chi connectivity index (χ3n) is 5.34. The summed E-state index contributed by atoms with van der Waals surface area (Å²) in [4.78, 5) is 26.6. The van der Waals surface area contributed by atoms with Gasteiger partial charge in [0.1, 0.15) is 5.82 Å². The number of piperidine rings is 1. The topological polar surface area (TPSA) is 80.1 Å². The molecule has 7 nitrogen and oxygen atoms in total. The molecular weight excluding hydrogens is 398 g/mol. The first kappa shape index (κ1) is 22.3. The first-order valence-corrected chi connectivity index (χ1v) is 11.6. The molecule has 1 fully saturated rings. The molecule has 2 heterocycles. The molecule has 0 radical (unpaired) electrons.